The molecule has 7 heteroatoms. The number of aryl methyl sites for hydroxylation is 2. The topological polar surface area (TPSA) is 88.3 Å². The van der Waals surface area contributed by atoms with Gasteiger partial charge in [-0.25, -0.2) is 9.78 Å². The molecule has 1 atom stereocenters. The van der Waals surface area contributed by atoms with Gasteiger partial charge in [0.15, 0.2) is 5.65 Å². The van der Waals surface area contributed by atoms with E-state index >= 15 is 0 Å². The van der Waals surface area contributed by atoms with Crippen molar-refractivity contribution in [1.82, 2.24) is 19.7 Å². The van der Waals surface area contributed by atoms with Crippen molar-refractivity contribution >= 4 is 22.9 Å². The quantitative estimate of drug-likeness (QED) is 0.924. The lowest BCUT2D eigenvalue weighted by atomic mass is 9.99. The number of aromatic nitrogens is 3. The molecule has 1 N–H and O–H groups in total. The van der Waals surface area contributed by atoms with Crippen LogP contribution in [0.1, 0.15) is 59.8 Å². The van der Waals surface area contributed by atoms with E-state index in [-0.39, 0.29) is 5.91 Å². The maximum absolute atomic E-state index is 13.3. The van der Waals surface area contributed by atoms with Crippen LogP contribution in [0.25, 0.3) is 11.0 Å². The monoisotopic (exact) mass is 342 g/mol. The van der Waals surface area contributed by atoms with Crippen molar-refractivity contribution < 1.29 is 14.7 Å². The minimum Gasteiger partial charge on any atom is -0.480 e. The summed E-state index contributed by atoms with van der Waals surface area (Å²) in [5, 5.41) is 14.7. The summed E-state index contributed by atoms with van der Waals surface area (Å²) < 4.78 is 1.71. The van der Waals surface area contributed by atoms with Gasteiger partial charge in [-0.05, 0) is 45.1 Å². The van der Waals surface area contributed by atoms with Gasteiger partial charge >= 0.3 is 5.97 Å². The normalized spacial score (nSPS) is 20.9. The third kappa shape index (κ3) is 2.67. The second kappa shape index (κ2) is 5.82. The molecule has 0 spiro atoms. The van der Waals surface area contributed by atoms with Crippen LogP contribution < -0.4 is 0 Å². The fourth-order valence-electron chi connectivity index (χ4n) is 3.81. The minimum atomic E-state index is -0.927. The molecule has 3 heterocycles. The molecule has 1 aliphatic carbocycles. The molecule has 1 saturated carbocycles. The van der Waals surface area contributed by atoms with Crippen molar-refractivity contribution in [2.45, 2.75) is 51.0 Å². The van der Waals surface area contributed by atoms with Crippen LogP contribution in [0.4, 0.5) is 0 Å². The lowest BCUT2D eigenvalue weighted by Gasteiger charge is -2.33. The van der Waals surface area contributed by atoms with Gasteiger partial charge in [-0.15, -0.1) is 0 Å². The fourth-order valence-corrected chi connectivity index (χ4v) is 3.81. The van der Waals surface area contributed by atoms with Crippen LogP contribution in [0, 0.1) is 6.92 Å². The number of likely N-dealkylation sites (tertiary alicyclic amines) is 1. The van der Waals surface area contributed by atoms with E-state index in [0.717, 1.165) is 42.5 Å². The van der Waals surface area contributed by atoms with Crippen molar-refractivity contribution in [3.8, 4) is 0 Å². The van der Waals surface area contributed by atoms with E-state index in [0.29, 0.717) is 30.1 Å². The number of rotatable bonds is 3. The molecule has 0 unspecified atom stereocenters. The van der Waals surface area contributed by atoms with Gasteiger partial charge in [0.05, 0.1) is 16.6 Å². The Labute approximate surface area is 145 Å². The number of carboxylic acids is 1. The SMILES string of the molecule is Cc1nn(C)c2nc(C3CC3)cc(C(=O)N3CCCC[C@H]3C(=O)O)c12. The first kappa shape index (κ1) is 16.1. The third-order valence-electron chi connectivity index (χ3n) is 5.26. The number of hydrogen-bond donors (Lipinski definition) is 1. The first-order chi connectivity index (χ1) is 12.0. The summed E-state index contributed by atoms with van der Waals surface area (Å²) in [6.07, 6.45) is 4.36. The maximum atomic E-state index is 13.3. The molecule has 2 aromatic heterocycles. The number of hydrogen-bond acceptors (Lipinski definition) is 4. The third-order valence-corrected chi connectivity index (χ3v) is 5.26. The molecule has 0 bridgehead atoms. The number of aliphatic carboxylic acids is 1. The van der Waals surface area contributed by atoms with Crippen molar-refractivity contribution in [2.75, 3.05) is 6.54 Å². The van der Waals surface area contributed by atoms with Gasteiger partial charge in [0.25, 0.3) is 5.91 Å². The molecule has 2 fully saturated rings. The molecule has 2 aliphatic rings. The zero-order valence-corrected chi connectivity index (χ0v) is 14.5. The van der Waals surface area contributed by atoms with Crippen molar-refractivity contribution in [1.29, 1.82) is 0 Å². The summed E-state index contributed by atoms with van der Waals surface area (Å²) in [5.74, 6) is -0.732. The van der Waals surface area contributed by atoms with Crippen molar-refractivity contribution in [3.63, 3.8) is 0 Å². The van der Waals surface area contributed by atoms with E-state index < -0.39 is 12.0 Å². The Morgan fingerprint density at radius 2 is 2.00 bits per heavy atom. The Bertz CT molecular complexity index is 869. The molecule has 0 aromatic carbocycles. The minimum absolute atomic E-state index is 0.211. The van der Waals surface area contributed by atoms with Crippen LogP contribution in [-0.2, 0) is 11.8 Å². The Hall–Kier alpha value is -2.44. The Morgan fingerprint density at radius 1 is 1.24 bits per heavy atom. The number of carbonyl (C=O) groups excluding carboxylic acids is 1. The fraction of sp³-hybridized carbons (Fsp3) is 0.556. The van der Waals surface area contributed by atoms with Crippen LogP contribution >= 0.6 is 0 Å². The second-order valence-electron chi connectivity index (χ2n) is 7.12. The van der Waals surface area contributed by atoms with Crippen LogP contribution in [0.3, 0.4) is 0 Å². The van der Waals surface area contributed by atoms with Crippen LogP contribution in [0.5, 0.6) is 0 Å². The second-order valence-corrected chi connectivity index (χ2v) is 7.12. The molecule has 1 amide bonds. The predicted molar refractivity (Wildman–Crippen MR) is 91.5 cm³/mol. The van der Waals surface area contributed by atoms with Gasteiger partial charge in [-0.3, -0.25) is 9.48 Å². The number of carbonyl (C=O) groups is 2. The Kier molecular flexibility index (Phi) is 3.74. The molecule has 25 heavy (non-hydrogen) atoms. The van der Waals surface area contributed by atoms with Gasteiger partial charge in [0.1, 0.15) is 6.04 Å². The van der Waals surface area contributed by atoms with Gasteiger partial charge in [0, 0.05) is 25.2 Å². The zero-order valence-electron chi connectivity index (χ0n) is 14.5. The zero-order chi connectivity index (χ0) is 17.7. The van der Waals surface area contributed by atoms with E-state index in [4.69, 9.17) is 4.98 Å². The van der Waals surface area contributed by atoms with E-state index in [2.05, 4.69) is 5.10 Å². The predicted octanol–water partition coefficient (Wildman–Crippen LogP) is 2.23. The molecule has 1 saturated heterocycles. The summed E-state index contributed by atoms with van der Waals surface area (Å²) >= 11 is 0. The van der Waals surface area contributed by atoms with Crippen LogP contribution in [-0.4, -0.2) is 49.2 Å². The smallest absolute Gasteiger partial charge is 0.326 e. The number of piperidine rings is 1. The van der Waals surface area contributed by atoms with E-state index in [1.807, 2.05) is 20.0 Å². The highest BCUT2D eigenvalue weighted by atomic mass is 16.4. The lowest BCUT2D eigenvalue weighted by Crippen LogP contribution is -2.48. The van der Waals surface area contributed by atoms with Crippen LogP contribution in [0.15, 0.2) is 6.07 Å². The molecule has 2 aromatic rings. The standard InChI is InChI=1S/C18H22N4O3/c1-10-15-12(17(23)22-8-4-3-5-14(22)18(24)25)9-13(11-6-7-11)19-16(15)21(2)20-10/h9,11,14H,3-8H2,1-2H3,(H,24,25)/t14-/m0/s1. The van der Waals surface area contributed by atoms with E-state index in [1.165, 1.54) is 4.90 Å². The first-order valence-electron chi connectivity index (χ1n) is 8.85. The van der Waals surface area contributed by atoms with Gasteiger partial charge in [0.2, 0.25) is 0 Å². The summed E-state index contributed by atoms with van der Waals surface area (Å²) in [6, 6.07) is 1.12. The summed E-state index contributed by atoms with van der Waals surface area (Å²) in [4.78, 5) is 31.1. The molecule has 0 radical (unpaired) electrons. The maximum Gasteiger partial charge on any atom is 0.326 e. The number of nitrogens with zero attached hydrogens (tertiary/aromatic N) is 4. The van der Waals surface area contributed by atoms with E-state index in [9.17, 15) is 14.7 Å². The molecular weight excluding hydrogens is 320 g/mol. The lowest BCUT2D eigenvalue weighted by molar-refractivity contribution is -0.143. The Morgan fingerprint density at radius 3 is 2.68 bits per heavy atom. The van der Waals surface area contributed by atoms with Gasteiger partial charge in [-0.2, -0.15) is 5.10 Å². The van der Waals surface area contributed by atoms with Crippen molar-refractivity contribution in [2.24, 2.45) is 7.05 Å². The average Bonchev–Trinajstić information content (AvgIpc) is 3.40. The molecule has 4 rings (SSSR count). The highest BCUT2D eigenvalue weighted by Gasteiger charge is 2.35. The largest absolute Gasteiger partial charge is 0.480 e. The Balaban J connectivity index is 1.84. The summed E-state index contributed by atoms with van der Waals surface area (Å²) in [7, 11) is 1.83. The molecule has 132 valence electrons. The molecule has 7 nitrogen and oxygen atoms in total. The van der Waals surface area contributed by atoms with Gasteiger partial charge < -0.3 is 10.0 Å². The first-order valence-corrected chi connectivity index (χ1v) is 8.85. The summed E-state index contributed by atoms with van der Waals surface area (Å²) in [5.41, 5.74) is 2.92. The molecule has 1 aliphatic heterocycles. The number of pyridine rings is 1. The number of fused-ring (bicyclic) bond motifs is 1. The highest BCUT2D eigenvalue weighted by Crippen LogP contribution is 2.40. The van der Waals surface area contributed by atoms with Crippen molar-refractivity contribution in [3.05, 3.63) is 23.0 Å². The number of amides is 1. The highest BCUT2D eigenvalue weighted by molar-refractivity contribution is 6.07. The van der Waals surface area contributed by atoms with E-state index in [1.54, 1.807) is 4.68 Å². The van der Waals surface area contributed by atoms with Crippen LogP contribution in [0.2, 0.25) is 0 Å². The number of carboxylic acid groups (broad SMARTS) is 1. The average molecular weight is 342 g/mol. The summed E-state index contributed by atoms with van der Waals surface area (Å²) in [6.45, 7) is 2.35. The molecular formula is C18H22N4O3. The van der Waals surface area contributed by atoms with Gasteiger partial charge in [-0.1, -0.05) is 0 Å².